The number of ketones is 1. The minimum Gasteiger partial charge on any atom is -0.469 e. The maximum Gasteiger partial charge on any atom is 0.416 e. The molecule has 10 heteroatoms. The second-order valence-corrected chi connectivity index (χ2v) is 8.84. The van der Waals surface area contributed by atoms with Gasteiger partial charge in [0.15, 0.2) is 5.78 Å². The van der Waals surface area contributed by atoms with E-state index in [1.54, 1.807) is 24.4 Å². The van der Waals surface area contributed by atoms with Crippen molar-refractivity contribution in [1.29, 1.82) is 0 Å². The maximum atomic E-state index is 13.0. The smallest absolute Gasteiger partial charge is 0.416 e. The lowest BCUT2D eigenvalue weighted by molar-refractivity contribution is -0.146. The number of hydrogen-bond donors (Lipinski definition) is 1. The fraction of sp³-hybridized carbons (Fsp3) is 0.346. The number of Topliss-reactive ketones (excluding diaryl/α,β-unsaturated/α-hetero) is 1. The van der Waals surface area contributed by atoms with Crippen molar-refractivity contribution in [3.8, 4) is 11.3 Å². The summed E-state index contributed by atoms with van der Waals surface area (Å²) in [5.74, 6) is -0.270. The van der Waals surface area contributed by atoms with Gasteiger partial charge >= 0.3 is 12.1 Å². The Kier molecular flexibility index (Phi) is 7.32. The molecule has 1 fully saturated rings. The maximum absolute atomic E-state index is 13.0. The van der Waals surface area contributed by atoms with Crippen LogP contribution in [0.5, 0.6) is 0 Å². The number of carbonyl (C=O) groups is 2. The molecule has 0 aromatic carbocycles. The third kappa shape index (κ3) is 5.87. The molecule has 1 aliphatic rings. The summed E-state index contributed by atoms with van der Waals surface area (Å²) in [5.41, 5.74) is 1.58. The Hall–Kier alpha value is -3.82. The summed E-state index contributed by atoms with van der Waals surface area (Å²) in [6.07, 6.45) is 0.622. The molecule has 0 atom stereocenters. The van der Waals surface area contributed by atoms with Crippen LogP contribution in [-0.2, 0) is 15.7 Å². The Morgan fingerprint density at radius 2 is 1.69 bits per heavy atom. The molecule has 0 aliphatic heterocycles. The van der Waals surface area contributed by atoms with Gasteiger partial charge in [0.1, 0.15) is 17.3 Å². The Morgan fingerprint density at radius 3 is 2.33 bits per heavy atom. The van der Waals surface area contributed by atoms with Gasteiger partial charge in [-0.25, -0.2) is 9.97 Å². The molecule has 0 unspecified atom stereocenters. The molecule has 0 amide bonds. The van der Waals surface area contributed by atoms with Gasteiger partial charge in [-0.05, 0) is 74.6 Å². The van der Waals surface area contributed by atoms with Gasteiger partial charge in [-0.3, -0.25) is 14.6 Å². The summed E-state index contributed by atoms with van der Waals surface area (Å²) in [4.78, 5) is 37.4. The zero-order valence-electron chi connectivity index (χ0n) is 19.8. The largest absolute Gasteiger partial charge is 0.469 e. The number of aromatic nitrogens is 3. The minimum atomic E-state index is -4.48. The van der Waals surface area contributed by atoms with Gasteiger partial charge in [0.2, 0.25) is 0 Å². The van der Waals surface area contributed by atoms with Gasteiger partial charge in [0.05, 0.1) is 24.3 Å². The molecule has 1 aliphatic carbocycles. The number of nitrogens with one attached hydrogen (secondary N) is 1. The fourth-order valence-corrected chi connectivity index (χ4v) is 4.34. The Morgan fingerprint density at radius 1 is 0.972 bits per heavy atom. The van der Waals surface area contributed by atoms with Gasteiger partial charge in [0, 0.05) is 23.9 Å². The third-order valence-corrected chi connectivity index (χ3v) is 6.26. The molecule has 4 rings (SSSR count). The minimum absolute atomic E-state index is 0.0230. The first kappa shape index (κ1) is 25.3. The summed E-state index contributed by atoms with van der Waals surface area (Å²) in [7, 11) is 1.37. The van der Waals surface area contributed by atoms with Gasteiger partial charge in [-0.1, -0.05) is 0 Å². The van der Waals surface area contributed by atoms with Crippen molar-refractivity contribution in [3.63, 3.8) is 0 Å². The average Bonchev–Trinajstić information content (AvgIpc) is 2.87. The van der Waals surface area contributed by atoms with E-state index in [0.717, 1.165) is 23.9 Å². The van der Waals surface area contributed by atoms with E-state index in [4.69, 9.17) is 4.74 Å². The van der Waals surface area contributed by atoms with E-state index < -0.39 is 11.7 Å². The van der Waals surface area contributed by atoms with Crippen LogP contribution in [-0.4, -0.2) is 33.8 Å². The average molecular weight is 499 g/mol. The number of nitrogens with zero attached hydrogens (tertiary/aromatic N) is 3. The lowest BCUT2D eigenvalue weighted by Crippen LogP contribution is -2.27. The molecule has 188 valence electrons. The van der Waals surface area contributed by atoms with Crippen LogP contribution < -0.4 is 5.32 Å². The molecule has 7 nitrogen and oxygen atoms in total. The first-order chi connectivity index (χ1) is 17.1. The summed E-state index contributed by atoms with van der Waals surface area (Å²) >= 11 is 0. The summed E-state index contributed by atoms with van der Waals surface area (Å²) in [5, 5.41) is 2.83. The molecular formula is C26H25F3N4O3. The first-order valence-electron chi connectivity index (χ1n) is 11.5. The van der Waals surface area contributed by atoms with Crippen molar-refractivity contribution in [2.45, 2.75) is 38.8 Å². The topological polar surface area (TPSA) is 94.1 Å². The van der Waals surface area contributed by atoms with Gasteiger partial charge in [-0.15, -0.1) is 0 Å². The fourth-order valence-electron chi connectivity index (χ4n) is 4.34. The molecule has 3 heterocycles. The molecule has 3 aromatic rings. The van der Waals surface area contributed by atoms with Crippen LogP contribution in [0, 0.1) is 18.8 Å². The number of ether oxygens (including phenoxy) is 1. The van der Waals surface area contributed by atoms with Crippen LogP contribution >= 0.6 is 0 Å². The van der Waals surface area contributed by atoms with E-state index in [1.165, 1.54) is 7.11 Å². The Labute approximate surface area is 206 Å². The number of carbonyl (C=O) groups excluding carboxylic acids is 2. The van der Waals surface area contributed by atoms with Crippen LogP contribution in [0.3, 0.4) is 0 Å². The zero-order valence-corrected chi connectivity index (χ0v) is 19.8. The highest BCUT2D eigenvalue weighted by molar-refractivity contribution is 5.96. The zero-order chi connectivity index (χ0) is 25.9. The lowest BCUT2D eigenvalue weighted by atomic mass is 9.79. The molecule has 0 radical (unpaired) electrons. The lowest BCUT2D eigenvalue weighted by Gasteiger charge is -2.25. The second kappa shape index (κ2) is 10.4. The number of hydrogen-bond acceptors (Lipinski definition) is 7. The van der Waals surface area contributed by atoms with E-state index in [1.807, 2.05) is 13.0 Å². The highest BCUT2D eigenvalue weighted by Crippen LogP contribution is 2.32. The number of halogens is 3. The molecule has 3 aromatic heterocycles. The van der Waals surface area contributed by atoms with Gasteiger partial charge in [-0.2, -0.15) is 13.2 Å². The van der Waals surface area contributed by atoms with E-state index >= 15 is 0 Å². The summed E-state index contributed by atoms with van der Waals surface area (Å²) < 4.78 is 43.8. The summed E-state index contributed by atoms with van der Waals surface area (Å²) in [6, 6.07) is 8.73. The number of rotatable bonds is 6. The number of alkyl halides is 3. The molecule has 0 spiro atoms. The Balaban J connectivity index is 1.47. The van der Waals surface area contributed by atoms with E-state index in [2.05, 4.69) is 20.3 Å². The number of methoxy groups -OCH3 is 1. The van der Waals surface area contributed by atoms with Crippen LogP contribution in [0.4, 0.5) is 24.8 Å². The van der Waals surface area contributed by atoms with E-state index in [9.17, 15) is 22.8 Å². The van der Waals surface area contributed by atoms with Crippen LogP contribution in [0.1, 0.15) is 47.3 Å². The molecular weight excluding hydrogens is 473 g/mol. The highest BCUT2D eigenvalue weighted by atomic mass is 19.4. The SMILES string of the molecule is COC(=O)C1CCC(C(=O)c2ccc(-c3cc(C)cc(Nc4cc(C(F)(F)F)ccn4)n3)cn2)CC1. The van der Waals surface area contributed by atoms with E-state index in [0.29, 0.717) is 48.5 Å². The van der Waals surface area contributed by atoms with Gasteiger partial charge in [0.25, 0.3) is 0 Å². The van der Waals surface area contributed by atoms with Crippen LogP contribution in [0.25, 0.3) is 11.3 Å². The highest BCUT2D eigenvalue weighted by Gasteiger charge is 2.32. The summed E-state index contributed by atoms with van der Waals surface area (Å²) in [6.45, 7) is 1.84. The first-order valence-corrected chi connectivity index (χ1v) is 11.5. The monoisotopic (exact) mass is 498 g/mol. The quantitative estimate of drug-likeness (QED) is 0.341. The molecule has 0 bridgehead atoms. The molecule has 36 heavy (non-hydrogen) atoms. The second-order valence-electron chi connectivity index (χ2n) is 8.84. The molecule has 1 N–H and O–H groups in total. The van der Waals surface area contributed by atoms with Crippen molar-refractivity contribution in [1.82, 2.24) is 15.0 Å². The van der Waals surface area contributed by atoms with Crippen molar-refractivity contribution in [2.75, 3.05) is 12.4 Å². The van der Waals surface area contributed by atoms with E-state index in [-0.39, 0.29) is 29.4 Å². The number of anilines is 2. The number of aryl methyl sites for hydroxylation is 1. The van der Waals surface area contributed by atoms with Crippen molar-refractivity contribution < 1.29 is 27.5 Å². The standard InChI is InChI=1S/C26H25F3N4O3/c1-15-11-21(32-23(12-15)33-22-13-19(9-10-30-22)26(27,28)29)18-7-8-20(31-14-18)24(34)16-3-5-17(6-4-16)25(35)36-2/h7-14,16-17H,3-6H2,1-2H3,(H,30,32,33). The molecule has 0 saturated heterocycles. The van der Waals surface area contributed by atoms with Crippen LogP contribution in [0.2, 0.25) is 0 Å². The predicted molar refractivity (Wildman–Crippen MR) is 127 cm³/mol. The number of esters is 1. The predicted octanol–water partition coefficient (Wildman–Crippen LogP) is 5.77. The third-order valence-electron chi connectivity index (χ3n) is 6.26. The van der Waals surface area contributed by atoms with Crippen molar-refractivity contribution in [2.24, 2.45) is 11.8 Å². The van der Waals surface area contributed by atoms with Crippen LogP contribution in [0.15, 0.2) is 48.8 Å². The molecule has 1 saturated carbocycles. The van der Waals surface area contributed by atoms with Gasteiger partial charge < -0.3 is 10.1 Å². The number of pyridine rings is 3. The Bertz CT molecular complexity index is 1250. The van der Waals surface area contributed by atoms with Crippen molar-refractivity contribution >= 4 is 23.4 Å². The normalized spacial score (nSPS) is 17.9. The van der Waals surface area contributed by atoms with Crippen molar-refractivity contribution in [3.05, 3.63) is 65.6 Å².